The highest BCUT2D eigenvalue weighted by molar-refractivity contribution is 5.76. The molecule has 370 valence electrons. The Bertz CT molecular complexity index is 1150. The Morgan fingerprint density at radius 1 is 0.391 bits per heavy atom. The molecule has 0 aromatic rings. The zero-order valence-electron chi connectivity index (χ0n) is 42.5. The fraction of sp³-hybridized carbons (Fsp3) is 0.750. The Kier molecular flexibility index (Phi) is 52.8. The zero-order chi connectivity index (χ0) is 46.3. The maximum atomic E-state index is 12.5. The summed E-state index contributed by atoms with van der Waals surface area (Å²) in [5.74, 6) is -0.0433. The Labute approximate surface area is 399 Å². The lowest BCUT2D eigenvalue weighted by molar-refractivity contribution is -0.123. The average Bonchev–Trinajstić information content (AvgIpc) is 3.30. The van der Waals surface area contributed by atoms with Crippen LogP contribution in [-0.4, -0.2) is 34.9 Å². The van der Waals surface area contributed by atoms with Gasteiger partial charge >= 0.3 is 0 Å². The molecule has 0 spiro atoms. The van der Waals surface area contributed by atoms with Gasteiger partial charge in [-0.15, -0.1) is 0 Å². The first-order chi connectivity index (χ1) is 31.7. The van der Waals surface area contributed by atoms with Gasteiger partial charge in [0.05, 0.1) is 18.8 Å². The van der Waals surface area contributed by atoms with Gasteiger partial charge in [0, 0.05) is 6.42 Å². The van der Waals surface area contributed by atoms with Crippen molar-refractivity contribution >= 4 is 5.91 Å². The molecule has 0 fully saturated rings. The third-order valence-corrected chi connectivity index (χ3v) is 12.4. The number of aliphatic hydroxyl groups excluding tert-OH is 2. The molecule has 64 heavy (non-hydrogen) atoms. The monoisotopic (exact) mass is 890 g/mol. The van der Waals surface area contributed by atoms with E-state index in [2.05, 4.69) is 104 Å². The lowest BCUT2D eigenvalue weighted by atomic mass is 10.0. The molecule has 0 aromatic heterocycles. The van der Waals surface area contributed by atoms with Crippen molar-refractivity contribution in [3.8, 4) is 0 Å². The van der Waals surface area contributed by atoms with Gasteiger partial charge in [-0.3, -0.25) is 4.79 Å². The largest absolute Gasteiger partial charge is 0.394 e. The molecule has 0 saturated heterocycles. The molecule has 2 atom stereocenters. The van der Waals surface area contributed by atoms with Gasteiger partial charge in [-0.25, -0.2) is 0 Å². The summed E-state index contributed by atoms with van der Waals surface area (Å²) < 4.78 is 0. The average molecular weight is 891 g/mol. The van der Waals surface area contributed by atoms with E-state index < -0.39 is 12.1 Å². The summed E-state index contributed by atoms with van der Waals surface area (Å²) in [5, 5.41) is 23.3. The summed E-state index contributed by atoms with van der Waals surface area (Å²) >= 11 is 0. The van der Waals surface area contributed by atoms with Gasteiger partial charge < -0.3 is 15.5 Å². The van der Waals surface area contributed by atoms with E-state index in [9.17, 15) is 15.0 Å². The first-order valence-corrected chi connectivity index (χ1v) is 27.8. The number of rotatable bonds is 50. The lowest BCUT2D eigenvalue weighted by Gasteiger charge is -2.22. The fourth-order valence-electron chi connectivity index (χ4n) is 8.22. The predicted molar refractivity (Wildman–Crippen MR) is 285 cm³/mol. The quantitative estimate of drug-likeness (QED) is 0.0421. The summed E-state index contributed by atoms with van der Waals surface area (Å²) in [6.45, 7) is 4.26. The van der Waals surface area contributed by atoms with Crippen LogP contribution < -0.4 is 5.32 Å². The molecule has 0 rings (SSSR count). The SMILES string of the molecule is CC/C=C\C/C=C\C/C=C\C/C=C\C/C=C\C/C=C\C/C=C\CCCCCCCCCC(=O)NC(CO)C(O)CCCCCCCCCCCCCCCCCCCCCCCCC. The third kappa shape index (κ3) is 50.6. The molecule has 0 aliphatic heterocycles. The van der Waals surface area contributed by atoms with Crippen molar-refractivity contribution in [2.24, 2.45) is 0 Å². The lowest BCUT2D eigenvalue weighted by Crippen LogP contribution is -2.45. The number of carbonyl (C=O) groups excluding carboxylic acids is 1. The zero-order valence-corrected chi connectivity index (χ0v) is 42.5. The van der Waals surface area contributed by atoms with Crippen LogP contribution >= 0.6 is 0 Å². The van der Waals surface area contributed by atoms with Gasteiger partial charge in [0.2, 0.25) is 5.91 Å². The van der Waals surface area contributed by atoms with Crippen molar-refractivity contribution in [1.82, 2.24) is 5.32 Å². The van der Waals surface area contributed by atoms with E-state index in [1.54, 1.807) is 0 Å². The molecule has 0 aliphatic rings. The van der Waals surface area contributed by atoms with E-state index in [4.69, 9.17) is 0 Å². The molecule has 3 N–H and O–H groups in total. The van der Waals surface area contributed by atoms with Crippen molar-refractivity contribution in [2.75, 3.05) is 6.61 Å². The van der Waals surface area contributed by atoms with E-state index in [1.165, 1.54) is 161 Å². The molecule has 2 unspecified atom stereocenters. The Balaban J connectivity index is 3.55. The first kappa shape index (κ1) is 61.6. The summed E-state index contributed by atoms with van der Waals surface area (Å²) in [6, 6.07) is -0.549. The number of aliphatic hydroxyl groups is 2. The van der Waals surface area contributed by atoms with Gasteiger partial charge in [0.1, 0.15) is 0 Å². The molecule has 4 heteroatoms. The van der Waals surface area contributed by atoms with Crippen LogP contribution in [0.2, 0.25) is 0 Å². The number of nitrogens with one attached hydrogen (secondary N) is 1. The second kappa shape index (κ2) is 54.9. The Morgan fingerprint density at radius 3 is 1.03 bits per heavy atom. The smallest absolute Gasteiger partial charge is 0.220 e. The van der Waals surface area contributed by atoms with E-state index >= 15 is 0 Å². The van der Waals surface area contributed by atoms with Gasteiger partial charge in [0.25, 0.3) is 0 Å². The molecule has 0 bridgehead atoms. The van der Waals surface area contributed by atoms with Crippen molar-refractivity contribution in [2.45, 2.75) is 283 Å². The molecule has 0 aromatic carbocycles. The maximum absolute atomic E-state index is 12.5. The van der Waals surface area contributed by atoms with Crippen molar-refractivity contribution in [1.29, 1.82) is 0 Å². The van der Waals surface area contributed by atoms with Crippen LogP contribution in [0.3, 0.4) is 0 Å². The molecule has 0 aliphatic carbocycles. The van der Waals surface area contributed by atoms with E-state index in [1.807, 2.05) is 0 Å². The number of allylic oxidation sites excluding steroid dienone is 14. The molecule has 1 amide bonds. The van der Waals surface area contributed by atoms with E-state index in [-0.39, 0.29) is 12.5 Å². The van der Waals surface area contributed by atoms with Crippen LogP contribution in [0.1, 0.15) is 271 Å². The molecular formula is C60H107NO3. The summed E-state index contributed by atoms with van der Waals surface area (Å²) in [5.41, 5.74) is 0. The Morgan fingerprint density at radius 2 is 0.688 bits per heavy atom. The van der Waals surface area contributed by atoms with Crippen LogP contribution in [0.4, 0.5) is 0 Å². The van der Waals surface area contributed by atoms with Crippen LogP contribution in [-0.2, 0) is 4.79 Å². The van der Waals surface area contributed by atoms with Crippen molar-refractivity contribution < 1.29 is 15.0 Å². The minimum Gasteiger partial charge on any atom is -0.394 e. The van der Waals surface area contributed by atoms with Crippen LogP contribution in [0.15, 0.2) is 85.1 Å². The highest BCUT2D eigenvalue weighted by Crippen LogP contribution is 2.17. The standard InChI is InChI=1S/C60H107NO3/c1-3-5-7-9-11-13-15-17-19-21-23-25-27-28-29-30-31-32-34-36-38-40-42-44-46-48-50-52-54-56-60(64)61-58(57-62)59(63)55-53-51-49-47-45-43-41-39-37-35-33-26-24-22-20-18-16-14-12-10-8-6-4-2/h5,7,11,13,17,19,23,25,28-29,31-32,36,38,58-59,62-63H,3-4,6,8-10,12,14-16,18,20-22,24,26-27,30,33-35,37,39-57H2,1-2H3,(H,61,64)/b7-5-,13-11-,19-17-,25-23-,29-28-,32-31-,38-36-. The van der Waals surface area contributed by atoms with Gasteiger partial charge in [-0.05, 0) is 70.6 Å². The van der Waals surface area contributed by atoms with E-state index in [0.29, 0.717) is 12.8 Å². The maximum Gasteiger partial charge on any atom is 0.220 e. The number of hydrogen-bond donors (Lipinski definition) is 3. The topological polar surface area (TPSA) is 69.6 Å². The van der Waals surface area contributed by atoms with Crippen LogP contribution in [0, 0.1) is 0 Å². The molecule has 0 heterocycles. The van der Waals surface area contributed by atoms with Crippen LogP contribution in [0.25, 0.3) is 0 Å². The third-order valence-electron chi connectivity index (χ3n) is 12.4. The number of carbonyl (C=O) groups is 1. The van der Waals surface area contributed by atoms with Crippen LogP contribution in [0.5, 0.6) is 0 Å². The number of hydrogen-bond acceptors (Lipinski definition) is 3. The molecule has 0 saturated carbocycles. The molecular weight excluding hydrogens is 783 g/mol. The van der Waals surface area contributed by atoms with Crippen molar-refractivity contribution in [3.63, 3.8) is 0 Å². The summed E-state index contributed by atoms with van der Waals surface area (Å²) in [4.78, 5) is 12.5. The minimum atomic E-state index is -0.671. The second-order valence-corrected chi connectivity index (χ2v) is 18.6. The highest BCUT2D eigenvalue weighted by atomic mass is 16.3. The highest BCUT2D eigenvalue weighted by Gasteiger charge is 2.20. The van der Waals surface area contributed by atoms with Gasteiger partial charge in [-0.2, -0.15) is 0 Å². The second-order valence-electron chi connectivity index (χ2n) is 18.6. The van der Waals surface area contributed by atoms with Crippen molar-refractivity contribution in [3.05, 3.63) is 85.1 Å². The minimum absolute atomic E-state index is 0.0433. The van der Waals surface area contributed by atoms with E-state index in [0.717, 1.165) is 83.5 Å². The predicted octanol–water partition coefficient (Wildman–Crippen LogP) is 18.4. The first-order valence-electron chi connectivity index (χ1n) is 27.8. The van der Waals surface area contributed by atoms with Gasteiger partial charge in [-0.1, -0.05) is 279 Å². The molecule has 4 nitrogen and oxygen atoms in total. The number of unbranched alkanes of at least 4 members (excludes halogenated alkanes) is 29. The summed E-state index contributed by atoms with van der Waals surface area (Å²) in [7, 11) is 0. The normalized spacial score (nSPS) is 13.5. The number of amides is 1. The summed E-state index contributed by atoms with van der Waals surface area (Å²) in [6.07, 6.45) is 79.8. The van der Waals surface area contributed by atoms with Gasteiger partial charge in [0.15, 0.2) is 0 Å². The molecule has 0 radical (unpaired) electrons. The Hall–Kier alpha value is -2.43. The fourth-order valence-corrected chi connectivity index (χ4v) is 8.22.